The van der Waals surface area contributed by atoms with Crippen LogP contribution in [0.15, 0.2) is 48.5 Å². The van der Waals surface area contributed by atoms with E-state index in [1.165, 1.54) is 23.1 Å². The van der Waals surface area contributed by atoms with Crippen molar-refractivity contribution in [2.45, 2.75) is 47.5 Å². The van der Waals surface area contributed by atoms with Crippen LogP contribution in [-0.4, -0.2) is 5.11 Å². The minimum atomic E-state index is 0.345. The number of rotatable bonds is 4. The zero-order chi connectivity index (χ0) is 16.5. The Morgan fingerprint density at radius 2 is 1.05 bits per heavy atom. The van der Waals surface area contributed by atoms with Gasteiger partial charge in [0.25, 0.3) is 0 Å². The van der Waals surface area contributed by atoms with Gasteiger partial charge in [0.1, 0.15) is 5.75 Å². The van der Waals surface area contributed by atoms with Crippen molar-refractivity contribution in [3.63, 3.8) is 0 Å². The van der Waals surface area contributed by atoms with Crippen LogP contribution in [-0.2, 0) is 12.8 Å². The van der Waals surface area contributed by atoms with Crippen molar-refractivity contribution in [2.75, 3.05) is 0 Å². The second-order valence-corrected chi connectivity index (χ2v) is 6.85. The van der Waals surface area contributed by atoms with Crippen LogP contribution in [0.3, 0.4) is 0 Å². The zero-order valence-electron chi connectivity index (χ0n) is 14.6. The molecule has 0 atom stereocenters. The highest BCUT2D eigenvalue weighted by atomic mass is 16.3. The van der Waals surface area contributed by atoms with E-state index in [4.69, 9.17) is 5.11 Å². The van der Waals surface area contributed by atoms with Crippen LogP contribution in [0.1, 0.15) is 44.4 Å². The molecule has 120 valence electrons. The Balaban J connectivity index is 0.000000220. The molecule has 0 aliphatic carbocycles. The molecular weight excluding hydrogens is 268 g/mol. The molecule has 0 amide bonds. The van der Waals surface area contributed by atoms with Gasteiger partial charge in [-0.05, 0) is 54.9 Å². The van der Waals surface area contributed by atoms with E-state index in [0.29, 0.717) is 11.7 Å². The predicted octanol–water partition coefficient (Wildman–Crippen LogP) is 5.78. The quantitative estimate of drug-likeness (QED) is 0.758. The molecule has 0 aliphatic heterocycles. The highest BCUT2D eigenvalue weighted by Gasteiger charge is 1.96. The summed E-state index contributed by atoms with van der Waals surface area (Å²) in [7, 11) is 0. The predicted molar refractivity (Wildman–Crippen MR) is 96.4 cm³/mol. The molecule has 2 aromatic carbocycles. The van der Waals surface area contributed by atoms with Gasteiger partial charge in [0.05, 0.1) is 0 Å². The highest BCUT2D eigenvalue weighted by Crippen LogP contribution is 2.12. The van der Waals surface area contributed by atoms with Gasteiger partial charge < -0.3 is 5.11 Å². The van der Waals surface area contributed by atoms with Crippen molar-refractivity contribution in [3.8, 4) is 5.75 Å². The van der Waals surface area contributed by atoms with Gasteiger partial charge in [0.15, 0.2) is 0 Å². The van der Waals surface area contributed by atoms with Gasteiger partial charge in [-0.25, -0.2) is 0 Å². The summed E-state index contributed by atoms with van der Waals surface area (Å²) in [4.78, 5) is 0. The summed E-state index contributed by atoms with van der Waals surface area (Å²) in [5, 5.41) is 8.99. The summed E-state index contributed by atoms with van der Waals surface area (Å²) in [5.41, 5.74) is 4.08. The second kappa shape index (κ2) is 9.30. The molecule has 1 nitrogen and oxygen atoms in total. The Morgan fingerprint density at radius 3 is 1.41 bits per heavy atom. The maximum atomic E-state index is 8.99. The molecule has 1 heteroatoms. The SMILES string of the molecule is CC(C)Cc1ccc(O)cc1.Cc1ccc(CC(C)C)cc1. The van der Waals surface area contributed by atoms with Crippen LogP contribution < -0.4 is 0 Å². The smallest absolute Gasteiger partial charge is 0.115 e. The summed E-state index contributed by atoms with van der Waals surface area (Å²) in [6.07, 6.45) is 2.28. The molecule has 0 aliphatic rings. The molecule has 0 spiro atoms. The lowest BCUT2D eigenvalue weighted by Crippen LogP contribution is -1.93. The summed E-state index contributed by atoms with van der Waals surface area (Å²) >= 11 is 0. The Hall–Kier alpha value is -1.76. The molecule has 22 heavy (non-hydrogen) atoms. The van der Waals surface area contributed by atoms with E-state index in [9.17, 15) is 0 Å². The Morgan fingerprint density at radius 1 is 0.682 bits per heavy atom. The Kier molecular flexibility index (Phi) is 7.73. The third-order valence-electron chi connectivity index (χ3n) is 3.34. The zero-order valence-corrected chi connectivity index (χ0v) is 14.6. The Labute approximate surface area is 136 Å². The molecule has 2 aromatic rings. The number of hydrogen-bond acceptors (Lipinski definition) is 1. The van der Waals surface area contributed by atoms with Gasteiger partial charge in [-0.15, -0.1) is 0 Å². The average molecular weight is 298 g/mol. The van der Waals surface area contributed by atoms with Crippen LogP contribution in [0.2, 0.25) is 0 Å². The molecule has 0 unspecified atom stereocenters. The largest absolute Gasteiger partial charge is 0.508 e. The van der Waals surface area contributed by atoms with E-state index in [0.717, 1.165) is 12.3 Å². The standard InChI is InChI=1S/C11H16.C10H14O/c1-9(2)8-11-6-4-10(3)5-7-11;1-8(2)7-9-3-5-10(11)6-4-9/h4-7,9H,8H2,1-3H3;3-6,8,11H,7H2,1-2H3. The summed E-state index contributed by atoms with van der Waals surface area (Å²) in [6.45, 7) is 11.0. The van der Waals surface area contributed by atoms with Crippen molar-refractivity contribution in [1.29, 1.82) is 0 Å². The molecule has 0 heterocycles. The molecule has 0 aromatic heterocycles. The van der Waals surface area contributed by atoms with E-state index < -0.39 is 0 Å². The minimum Gasteiger partial charge on any atom is -0.508 e. The molecule has 1 N–H and O–H groups in total. The molecule has 0 saturated carbocycles. The van der Waals surface area contributed by atoms with Crippen molar-refractivity contribution in [2.24, 2.45) is 11.8 Å². The fourth-order valence-corrected chi connectivity index (χ4v) is 2.30. The Bertz CT molecular complexity index is 469. The van der Waals surface area contributed by atoms with Crippen LogP contribution in [0.5, 0.6) is 5.75 Å². The molecular formula is C21H30O. The molecule has 0 fully saturated rings. The van der Waals surface area contributed by atoms with Gasteiger partial charge in [0, 0.05) is 0 Å². The number of hydrogen-bond donors (Lipinski definition) is 1. The monoisotopic (exact) mass is 298 g/mol. The van der Waals surface area contributed by atoms with Crippen molar-refractivity contribution >= 4 is 0 Å². The van der Waals surface area contributed by atoms with Gasteiger partial charge >= 0.3 is 0 Å². The first-order chi connectivity index (χ1) is 10.4. The van der Waals surface area contributed by atoms with Gasteiger partial charge in [0.2, 0.25) is 0 Å². The van der Waals surface area contributed by atoms with E-state index in [1.807, 2.05) is 12.1 Å². The lowest BCUT2D eigenvalue weighted by atomic mass is 10.0. The fourth-order valence-electron chi connectivity index (χ4n) is 2.30. The maximum Gasteiger partial charge on any atom is 0.115 e. The topological polar surface area (TPSA) is 20.2 Å². The molecule has 0 bridgehead atoms. The number of aromatic hydroxyl groups is 1. The number of phenols is 1. The van der Waals surface area contributed by atoms with Crippen LogP contribution in [0, 0.1) is 18.8 Å². The second-order valence-electron chi connectivity index (χ2n) is 6.85. The average Bonchev–Trinajstić information content (AvgIpc) is 2.44. The molecule has 0 radical (unpaired) electrons. The molecule has 0 saturated heterocycles. The van der Waals surface area contributed by atoms with Crippen LogP contribution >= 0.6 is 0 Å². The van der Waals surface area contributed by atoms with E-state index in [-0.39, 0.29) is 0 Å². The summed E-state index contributed by atoms with van der Waals surface area (Å²) in [6, 6.07) is 16.2. The third kappa shape index (κ3) is 7.87. The van der Waals surface area contributed by atoms with Gasteiger partial charge in [-0.3, -0.25) is 0 Å². The maximum absolute atomic E-state index is 8.99. The van der Waals surface area contributed by atoms with Crippen molar-refractivity contribution < 1.29 is 5.11 Å². The third-order valence-corrected chi connectivity index (χ3v) is 3.34. The number of aryl methyl sites for hydroxylation is 1. The van der Waals surface area contributed by atoms with Crippen molar-refractivity contribution in [1.82, 2.24) is 0 Å². The summed E-state index contributed by atoms with van der Waals surface area (Å²) < 4.78 is 0. The van der Waals surface area contributed by atoms with E-state index >= 15 is 0 Å². The van der Waals surface area contributed by atoms with Crippen LogP contribution in [0.25, 0.3) is 0 Å². The first kappa shape index (κ1) is 18.3. The van der Waals surface area contributed by atoms with Crippen molar-refractivity contribution in [3.05, 3.63) is 65.2 Å². The first-order valence-electron chi connectivity index (χ1n) is 8.20. The van der Waals surface area contributed by atoms with E-state index in [2.05, 4.69) is 58.9 Å². The summed E-state index contributed by atoms with van der Waals surface area (Å²) in [5.74, 6) is 1.79. The van der Waals surface area contributed by atoms with Gasteiger partial charge in [-0.2, -0.15) is 0 Å². The normalized spacial score (nSPS) is 10.5. The lowest BCUT2D eigenvalue weighted by Gasteiger charge is -2.04. The lowest BCUT2D eigenvalue weighted by molar-refractivity contribution is 0.475. The number of benzene rings is 2. The van der Waals surface area contributed by atoms with Crippen LogP contribution in [0.4, 0.5) is 0 Å². The first-order valence-corrected chi connectivity index (χ1v) is 8.20. The van der Waals surface area contributed by atoms with E-state index in [1.54, 1.807) is 12.1 Å². The minimum absolute atomic E-state index is 0.345. The number of phenolic OH excluding ortho intramolecular Hbond substituents is 1. The molecule has 2 rings (SSSR count). The fraction of sp³-hybridized carbons (Fsp3) is 0.429. The van der Waals surface area contributed by atoms with Gasteiger partial charge in [-0.1, -0.05) is 69.7 Å². The highest BCUT2D eigenvalue weighted by molar-refractivity contribution is 5.26.